The van der Waals surface area contributed by atoms with Crippen LogP contribution in [0.3, 0.4) is 0 Å². The number of piperidine rings is 1. The summed E-state index contributed by atoms with van der Waals surface area (Å²) in [4.78, 5) is 28.6. The van der Waals surface area contributed by atoms with Crippen LogP contribution in [0.25, 0.3) is 5.65 Å². The Morgan fingerprint density at radius 2 is 2.00 bits per heavy atom. The Hall–Kier alpha value is -2.97. The van der Waals surface area contributed by atoms with E-state index in [0.717, 1.165) is 56.7 Å². The van der Waals surface area contributed by atoms with Crippen LogP contribution in [-0.4, -0.2) is 50.7 Å². The summed E-state index contributed by atoms with van der Waals surface area (Å²) in [5.74, 6) is -0.142. The Kier molecular flexibility index (Phi) is 5.80. The maximum atomic E-state index is 13.2. The van der Waals surface area contributed by atoms with E-state index >= 15 is 0 Å². The lowest BCUT2D eigenvalue weighted by Crippen LogP contribution is -2.44. The highest BCUT2D eigenvalue weighted by molar-refractivity contribution is 6.00. The predicted molar refractivity (Wildman–Crippen MR) is 123 cm³/mol. The molecule has 168 valence electrons. The van der Waals surface area contributed by atoms with Crippen LogP contribution in [0, 0.1) is 0 Å². The van der Waals surface area contributed by atoms with Crippen molar-refractivity contribution < 1.29 is 4.79 Å². The van der Waals surface area contributed by atoms with Crippen LogP contribution in [0.15, 0.2) is 41.3 Å². The molecule has 1 aromatic carbocycles. The Morgan fingerprint density at radius 1 is 1.22 bits per heavy atom. The lowest BCUT2D eigenvalue weighted by atomic mass is 10.0. The molecule has 1 saturated heterocycles. The second kappa shape index (κ2) is 8.88. The van der Waals surface area contributed by atoms with Gasteiger partial charge in [0.25, 0.3) is 11.5 Å². The first-order valence-corrected chi connectivity index (χ1v) is 11.6. The monoisotopic (exact) mass is 434 g/mol. The van der Waals surface area contributed by atoms with E-state index in [0.29, 0.717) is 24.3 Å². The zero-order valence-corrected chi connectivity index (χ0v) is 18.5. The number of rotatable bonds is 5. The van der Waals surface area contributed by atoms with Crippen molar-refractivity contribution >= 4 is 11.6 Å². The van der Waals surface area contributed by atoms with Gasteiger partial charge in [0.1, 0.15) is 5.56 Å². The summed E-state index contributed by atoms with van der Waals surface area (Å²) in [6, 6.07) is 10.6. The van der Waals surface area contributed by atoms with E-state index in [1.165, 1.54) is 10.1 Å². The smallest absolute Gasteiger partial charge is 0.279 e. The fraction of sp³-hybridized carbons (Fsp3) is 0.458. The van der Waals surface area contributed by atoms with Crippen LogP contribution in [0.4, 0.5) is 0 Å². The van der Waals surface area contributed by atoms with Crippen molar-refractivity contribution in [2.24, 2.45) is 0 Å². The molecule has 0 atom stereocenters. The molecule has 4 heterocycles. The lowest BCUT2D eigenvalue weighted by molar-refractivity contribution is 0.0910. The second-order valence-electron chi connectivity index (χ2n) is 8.70. The van der Waals surface area contributed by atoms with Gasteiger partial charge in [0.15, 0.2) is 5.65 Å². The molecule has 5 rings (SSSR count). The number of aromatic nitrogens is 3. The fourth-order valence-electron chi connectivity index (χ4n) is 5.02. The third-order valence-electron chi connectivity index (χ3n) is 6.70. The van der Waals surface area contributed by atoms with Gasteiger partial charge >= 0.3 is 0 Å². The van der Waals surface area contributed by atoms with Crippen molar-refractivity contribution in [2.45, 2.75) is 51.9 Å². The quantitative estimate of drug-likeness (QED) is 0.637. The zero-order chi connectivity index (χ0) is 22.1. The molecule has 0 unspecified atom stereocenters. The molecule has 1 fully saturated rings. The Labute approximate surface area is 187 Å². The summed E-state index contributed by atoms with van der Waals surface area (Å²) in [6.07, 6.45) is 4.15. The molecule has 0 spiro atoms. The molecule has 3 aromatic rings. The molecule has 8 heteroatoms. The van der Waals surface area contributed by atoms with Crippen molar-refractivity contribution in [3.8, 4) is 0 Å². The van der Waals surface area contributed by atoms with E-state index in [1.807, 2.05) is 13.0 Å². The number of hydrogen-bond acceptors (Lipinski definition) is 5. The molecular weight excluding hydrogens is 404 g/mol. The molecule has 32 heavy (non-hydrogen) atoms. The average Bonchev–Trinajstić information content (AvgIpc) is 3.27. The van der Waals surface area contributed by atoms with E-state index in [4.69, 9.17) is 0 Å². The zero-order valence-electron chi connectivity index (χ0n) is 18.5. The van der Waals surface area contributed by atoms with Gasteiger partial charge in [-0.2, -0.15) is 9.61 Å². The van der Waals surface area contributed by atoms with Crippen LogP contribution in [0.2, 0.25) is 0 Å². The number of carbonyl (C=O) groups is 1. The van der Waals surface area contributed by atoms with E-state index in [9.17, 15) is 9.59 Å². The minimum Gasteiger partial charge on any atom is -0.349 e. The number of hydrogen-bond donors (Lipinski definition) is 2. The Morgan fingerprint density at radius 3 is 2.75 bits per heavy atom. The van der Waals surface area contributed by atoms with Crippen molar-refractivity contribution in [2.75, 3.05) is 19.6 Å². The Balaban J connectivity index is 1.32. The average molecular weight is 435 g/mol. The number of amides is 1. The normalized spacial score (nSPS) is 17.4. The summed E-state index contributed by atoms with van der Waals surface area (Å²) in [6.45, 7) is 6.97. The van der Waals surface area contributed by atoms with Crippen molar-refractivity contribution in [3.63, 3.8) is 0 Å². The SMILES string of the molecule is CCn1c2c(c(=O)n3ncc(C(=O)NC4CCN(Cc5ccccc5)CC4)c13)CNCC2. The van der Waals surface area contributed by atoms with Crippen molar-refractivity contribution in [1.82, 2.24) is 29.7 Å². The number of carbonyl (C=O) groups excluding carboxylic acids is 1. The molecule has 2 aromatic heterocycles. The molecule has 8 nitrogen and oxygen atoms in total. The van der Waals surface area contributed by atoms with E-state index in [-0.39, 0.29) is 17.5 Å². The predicted octanol–water partition coefficient (Wildman–Crippen LogP) is 1.56. The van der Waals surface area contributed by atoms with Gasteiger partial charge in [0.05, 0.1) is 11.8 Å². The second-order valence-corrected chi connectivity index (χ2v) is 8.70. The first-order chi connectivity index (χ1) is 15.7. The minimum atomic E-state index is -0.142. The van der Waals surface area contributed by atoms with Gasteiger partial charge < -0.3 is 15.2 Å². The van der Waals surface area contributed by atoms with Crippen LogP contribution in [0.1, 0.15) is 46.9 Å². The number of fused-ring (bicyclic) bond motifs is 2. The summed E-state index contributed by atoms with van der Waals surface area (Å²) >= 11 is 0. The van der Waals surface area contributed by atoms with Crippen LogP contribution < -0.4 is 16.2 Å². The molecular formula is C24H30N6O2. The molecule has 2 N–H and O–H groups in total. The van der Waals surface area contributed by atoms with Gasteiger partial charge in [-0.1, -0.05) is 30.3 Å². The maximum absolute atomic E-state index is 13.2. The third kappa shape index (κ3) is 3.84. The van der Waals surface area contributed by atoms with E-state index in [2.05, 4.69) is 49.5 Å². The van der Waals surface area contributed by atoms with Gasteiger partial charge in [0, 0.05) is 57.4 Å². The van der Waals surface area contributed by atoms with Gasteiger partial charge in [-0.05, 0) is 25.3 Å². The molecule has 0 aliphatic carbocycles. The van der Waals surface area contributed by atoms with Crippen LogP contribution in [0.5, 0.6) is 0 Å². The summed E-state index contributed by atoms with van der Waals surface area (Å²) in [7, 11) is 0. The van der Waals surface area contributed by atoms with Crippen LogP contribution >= 0.6 is 0 Å². The van der Waals surface area contributed by atoms with E-state index in [1.54, 1.807) is 6.20 Å². The minimum absolute atomic E-state index is 0.125. The highest BCUT2D eigenvalue weighted by Crippen LogP contribution is 2.19. The van der Waals surface area contributed by atoms with Crippen LogP contribution in [-0.2, 0) is 26.1 Å². The number of likely N-dealkylation sites (tertiary alicyclic amines) is 1. The maximum Gasteiger partial charge on any atom is 0.279 e. The summed E-state index contributed by atoms with van der Waals surface area (Å²) in [5.41, 5.74) is 4.06. The fourth-order valence-corrected chi connectivity index (χ4v) is 5.02. The summed E-state index contributed by atoms with van der Waals surface area (Å²) < 4.78 is 3.48. The Bertz CT molecular complexity index is 1170. The highest BCUT2D eigenvalue weighted by atomic mass is 16.2. The number of nitrogens with zero attached hydrogens (tertiary/aromatic N) is 4. The molecule has 0 saturated carbocycles. The number of benzene rings is 1. The molecule has 2 aliphatic rings. The first kappa shape index (κ1) is 20.9. The number of nitrogens with one attached hydrogen (secondary N) is 2. The molecule has 2 aliphatic heterocycles. The summed E-state index contributed by atoms with van der Waals surface area (Å²) in [5, 5.41) is 10.8. The topological polar surface area (TPSA) is 83.7 Å². The number of aryl methyl sites for hydroxylation is 1. The van der Waals surface area contributed by atoms with Gasteiger partial charge in [-0.3, -0.25) is 14.5 Å². The van der Waals surface area contributed by atoms with Crippen molar-refractivity contribution in [3.05, 3.63) is 69.3 Å². The molecule has 0 bridgehead atoms. The lowest BCUT2D eigenvalue weighted by Gasteiger charge is -2.32. The van der Waals surface area contributed by atoms with Gasteiger partial charge in [0.2, 0.25) is 0 Å². The van der Waals surface area contributed by atoms with E-state index < -0.39 is 0 Å². The molecule has 0 radical (unpaired) electrons. The van der Waals surface area contributed by atoms with Crippen molar-refractivity contribution in [1.29, 1.82) is 0 Å². The third-order valence-corrected chi connectivity index (χ3v) is 6.70. The molecule has 1 amide bonds. The van der Waals surface area contributed by atoms with Gasteiger partial charge in [-0.25, -0.2) is 0 Å². The highest BCUT2D eigenvalue weighted by Gasteiger charge is 2.26. The standard InChI is InChI=1S/C24H30N6O2/c1-2-29-21-8-11-25-14-19(21)24(32)30-23(29)20(15-26-30)22(31)27-18-9-12-28(13-10-18)16-17-6-4-3-5-7-17/h3-7,15,18,25H,2,8-14,16H2,1H3,(H,27,31). The van der Waals surface area contributed by atoms with Gasteiger partial charge in [-0.15, -0.1) is 0 Å². The first-order valence-electron chi connectivity index (χ1n) is 11.6. The largest absolute Gasteiger partial charge is 0.349 e.